The van der Waals surface area contributed by atoms with Crippen LogP contribution in [-0.4, -0.2) is 63.1 Å². The molecule has 0 spiro atoms. The maximum Gasteiger partial charge on any atom is 0.282 e. The smallest absolute Gasteiger partial charge is 0.282 e. The number of alkyl halides is 2. The largest absolute Gasteiger partial charge is 0.370 e. The van der Waals surface area contributed by atoms with Gasteiger partial charge in [-0.1, -0.05) is 35.3 Å². The lowest BCUT2D eigenvalue weighted by Crippen LogP contribution is -2.63. The highest BCUT2D eigenvalue weighted by atomic mass is 35.5. The summed E-state index contributed by atoms with van der Waals surface area (Å²) < 4.78 is 28.2. The molecular formula is C28H23Cl2F2N7O4. The van der Waals surface area contributed by atoms with Crippen LogP contribution in [0.5, 0.6) is 0 Å². The van der Waals surface area contributed by atoms with Crippen LogP contribution < -0.4 is 16.0 Å². The fourth-order valence-electron chi connectivity index (χ4n) is 5.25. The second-order valence-corrected chi connectivity index (χ2v) is 11.4. The second kappa shape index (κ2) is 10.9. The number of hydrogen-bond donors (Lipinski definition) is 2. The summed E-state index contributed by atoms with van der Waals surface area (Å²) in [5.41, 5.74) is 5.02. The normalized spacial score (nSPS) is 19.3. The molecule has 15 heteroatoms. The predicted octanol–water partition coefficient (Wildman–Crippen LogP) is 3.15. The molecule has 1 saturated heterocycles. The van der Waals surface area contributed by atoms with Gasteiger partial charge in [-0.05, 0) is 42.8 Å². The average molecular weight is 630 g/mol. The van der Waals surface area contributed by atoms with Gasteiger partial charge in [0.1, 0.15) is 17.3 Å². The zero-order valence-electron chi connectivity index (χ0n) is 22.5. The number of imidazole rings is 1. The lowest BCUT2D eigenvalue weighted by molar-refractivity contribution is -0.167. The van der Waals surface area contributed by atoms with Crippen LogP contribution in [0, 0.1) is 11.3 Å². The summed E-state index contributed by atoms with van der Waals surface area (Å²) in [6, 6.07) is 11.5. The van der Waals surface area contributed by atoms with Crippen LogP contribution in [0.2, 0.25) is 10.0 Å². The number of hydrogen-bond acceptors (Lipinski definition) is 6. The van der Waals surface area contributed by atoms with Crippen LogP contribution >= 0.6 is 23.2 Å². The van der Waals surface area contributed by atoms with E-state index in [1.54, 1.807) is 31.2 Å². The fraction of sp³-hybridized carbons (Fsp3) is 0.286. The van der Waals surface area contributed by atoms with E-state index in [0.717, 1.165) is 4.90 Å². The Hall–Kier alpha value is -4.54. The van der Waals surface area contributed by atoms with Crippen molar-refractivity contribution in [3.05, 3.63) is 75.5 Å². The Bertz CT molecular complexity index is 1680. The SMILES string of the molecule is C[C@@]1(Cc2ccc(C#N)cc2)C(=O)N(c2cc(Cl)cc(Cl)c2)c2ncc(C(=O)N[C@@H](CC(N)=O)C(=O)N3CC(F)(F)C3)n21. The summed E-state index contributed by atoms with van der Waals surface area (Å²) in [6.07, 6.45) is 0.609. The number of anilines is 2. The number of likely N-dealkylation sites (tertiary alicyclic amines) is 1. The minimum absolute atomic E-state index is 0.0461. The topological polar surface area (TPSA) is 154 Å². The first-order valence-electron chi connectivity index (χ1n) is 12.9. The lowest BCUT2D eigenvalue weighted by Gasteiger charge is -2.40. The third-order valence-electron chi connectivity index (χ3n) is 7.23. The third kappa shape index (κ3) is 5.63. The molecular weight excluding hydrogens is 607 g/mol. The summed E-state index contributed by atoms with van der Waals surface area (Å²) >= 11 is 12.4. The minimum atomic E-state index is -3.07. The molecule has 3 aromatic rings. The molecule has 11 nitrogen and oxygen atoms in total. The third-order valence-corrected chi connectivity index (χ3v) is 7.67. The van der Waals surface area contributed by atoms with E-state index in [1.165, 1.54) is 33.9 Å². The summed E-state index contributed by atoms with van der Waals surface area (Å²) in [4.78, 5) is 58.8. The van der Waals surface area contributed by atoms with Crippen LogP contribution in [0.25, 0.3) is 0 Å². The van der Waals surface area contributed by atoms with E-state index in [0.29, 0.717) is 11.1 Å². The number of nitrogens with two attached hydrogens (primary N) is 1. The molecule has 0 unspecified atom stereocenters. The molecule has 1 fully saturated rings. The summed E-state index contributed by atoms with van der Waals surface area (Å²) in [5.74, 6) is -6.23. The van der Waals surface area contributed by atoms with Gasteiger partial charge in [0.05, 0.1) is 43.0 Å². The van der Waals surface area contributed by atoms with E-state index in [4.69, 9.17) is 28.9 Å². The van der Waals surface area contributed by atoms with Gasteiger partial charge >= 0.3 is 0 Å². The molecule has 222 valence electrons. The van der Waals surface area contributed by atoms with Crippen molar-refractivity contribution in [2.75, 3.05) is 18.0 Å². The zero-order chi connectivity index (χ0) is 31.3. The van der Waals surface area contributed by atoms with E-state index in [9.17, 15) is 33.2 Å². The Morgan fingerprint density at radius 1 is 1.14 bits per heavy atom. The molecule has 2 atom stereocenters. The monoisotopic (exact) mass is 629 g/mol. The molecule has 3 N–H and O–H groups in total. The van der Waals surface area contributed by atoms with E-state index < -0.39 is 60.6 Å². The van der Waals surface area contributed by atoms with Gasteiger partial charge in [-0.2, -0.15) is 5.26 Å². The molecule has 0 bridgehead atoms. The van der Waals surface area contributed by atoms with Gasteiger partial charge in [0, 0.05) is 16.5 Å². The highest BCUT2D eigenvalue weighted by Gasteiger charge is 2.52. The molecule has 0 saturated carbocycles. The molecule has 2 aliphatic rings. The van der Waals surface area contributed by atoms with E-state index in [-0.39, 0.29) is 33.8 Å². The van der Waals surface area contributed by atoms with E-state index in [1.807, 2.05) is 6.07 Å². The Labute approximate surface area is 253 Å². The first-order valence-corrected chi connectivity index (χ1v) is 13.6. The first kappa shape index (κ1) is 29.9. The highest BCUT2D eigenvalue weighted by Crippen LogP contribution is 2.43. The second-order valence-electron chi connectivity index (χ2n) is 10.6. The van der Waals surface area contributed by atoms with E-state index >= 15 is 0 Å². The van der Waals surface area contributed by atoms with Crippen molar-refractivity contribution in [2.24, 2.45) is 5.73 Å². The fourth-order valence-corrected chi connectivity index (χ4v) is 5.76. The molecule has 2 aromatic carbocycles. The van der Waals surface area contributed by atoms with Crippen molar-refractivity contribution in [1.82, 2.24) is 19.8 Å². The number of carbonyl (C=O) groups excluding carboxylic acids is 4. The molecule has 5 rings (SSSR count). The molecule has 43 heavy (non-hydrogen) atoms. The minimum Gasteiger partial charge on any atom is -0.370 e. The highest BCUT2D eigenvalue weighted by molar-refractivity contribution is 6.35. The molecule has 3 heterocycles. The van der Waals surface area contributed by atoms with Gasteiger partial charge in [0.25, 0.3) is 17.7 Å². The number of nitriles is 1. The van der Waals surface area contributed by atoms with Gasteiger partial charge in [0.15, 0.2) is 0 Å². The summed E-state index contributed by atoms with van der Waals surface area (Å²) in [7, 11) is 0. The quantitative estimate of drug-likeness (QED) is 0.390. The molecule has 0 aliphatic carbocycles. The number of fused-ring (bicyclic) bond motifs is 1. The average Bonchev–Trinajstić information content (AvgIpc) is 3.44. The van der Waals surface area contributed by atoms with Crippen molar-refractivity contribution >= 4 is 58.5 Å². The number of nitrogens with one attached hydrogen (secondary N) is 1. The molecule has 2 aliphatic heterocycles. The number of benzene rings is 2. The van der Waals surface area contributed by atoms with Gasteiger partial charge in [-0.3, -0.25) is 23.7 Å². The zero-order valence-corrected chi connectivity index (χ0v) is 24.0. The van der Waals surface area contributed by atoms with Gasteiger partial charge in [-0.25, -0.2) is 18.7 Å². The van der Waals surface area contributed by atoms with Crippen LogP contribution in [0.4, 0.5) is 20.4 Å². The van der Waals surface area contributed by atoms with Crippen molar-refractivity contribution in [1.29, 1.82) is 5.26 Å². The Kier molecular flexibility index (Phi) is 7.62. The Morgan fingerprint density at radius 3 is 2.33 bits per heavy atom. The number of halogens is 4. The Morgan fingerprint density at radius 2 is 1.77 bits per heavy atom. The number of rotatable bonds is 8. The van der Waals surface area contributed by atoms with Crippen molar-refractivity contribution < 1.29 is 28.0 Å². The van der Waals surface area contributed by atoms with Crippen molar-refractivity contribution in [3.63, 3.8) is 0 Å². The number of aromatic nitrogens is 2. The maximum atomic E-state index is 14.1. The maximum absolute atomic E-state index is 14.1. The van der Waals surface area contributed by atoms with Crippen molar-refractivity contribution in [2.45, 2.75) is 37.3 Å². The predicted molar refractivity (Wildman–Crippen MR) is 151 cm³/mol. The van der Waals surface area contributed by atoms with E-state index in [2.05, 4.69) is 10.3 Å². The summed E-state index contributed by atoms with van der Waals surface area (Å²) in [5, 5.41) is 12.1. The van der Waals surface area contributed by atoms with Gasteiger partial charge in [0.2, 0.25) is 17.8 Å². The van der Waals surface area contributed by atoms with Gasteiger partial charge in [-0.15, -0.1) is 0 Å². The first-order chi connectivity index (χ1) is 20.2. The number of amides is 4. The van der Waals surface area contributed by atoms with Crippen LogP contribution in [0.3, 0.4) is 0 Å². The lowest BCUT2D eigenvalue weighted by atomic mass is 9.91. The van der Waals surface area contributed by atoms with Crippen LogP contribution in [0.15, 0.2) is 48.7 Å². The van der Waals surface area contributed by atoms with Crippen molar-refractivity contribution in [3.8, 4) is 6.07 Å². The van der Waals surface area contributed by atoms with Crippen LogP contribution in [0.1, 0.15) is 35.0 Å². The molecule has 0 radical (unpaired) electrons. The van der Waals surface area contributed by atoms with Crippen LogP contribution in [-0.2, 0) is 26.3 Å². The number of nitrogens with zero attached hydrogens (tertiary/aromatic N) is 5. The number of carbonyl (C=O) groups is 4. The number of primary amides is 1. The standard InChI is InChI=1S/C28H23Cl2F2N7O4/c1-27(10-15-2-4-16(11-33)5-3-15)25(43)38(19-7-17(29)6-18(30)8-19)26-35-12-21(39(26)27)23(41)36-20(9-22(34)40)24(42)37-13-28(31,32)14-37/h2-8,12,20H,9-10,13-14H2,1H3,(H2,34,40)(H,36,41)/t20-,27+/m0/s1. The van der Waals surface area contributed by atoms with Gasteiger partial charge < -0.3 is 16.0 Å². The summed E-state index contributed by atoms with van der Waals surface area (Å²) in [6.45, 7) is -0.115. The molecule has 1 aromatic heterocycles. The Balaban J connectivity index is 1.55. The molecule has 4 amide bonds.